The van der Waals surface area contributed by atoms with E-state index in [1.54, 1.807) is 0 Å². The summed E-state index contributed by atoms with van der Waals surface area (Å²) in [6, 6.07) is 4.68. The van der Waals surface area contributed by atoms with Crippen LogP contribution in [-0.2, 0) is 11.0 Å². The van der Waals surface area contributed by atoms with Gasteiger partial charge in [-0.1, -0.05) is 12.1 Å². The number of amides is 1. The molecule has 0 saturated heterocycles. The summed E-state index contributed by atoms with van der Waals surface area (Å²) >= 11 is 0. The van der Waals surface area contributed by atoms with E-state index < -0.39 is 17.6 Å². The molecule has 0 bridgehead atoms. The van der Waals surface area contributed by atoms with Crippen LogP contribution in [0.2, 0.25) is 0 Å². The topological polar surface area (TPSA) is 72.8 Å². The van der Waals surface area contributed by atoms with E-state index in [0.717, 1.165) is 6.07 Å². The average Bonchev–Trinajstić information content (AvgIpc) is 2.38. The highest BCUT2D eigenvalue weighted by atomic mass is 19.4. The lowest BCUT2D eigenvalue weighted by atomic mass is 10.1. The summed E-state index contributed by atoms with van der Waals surface area (Å²) in [5.74, 6) is -0.645. The zero-order valence-corrected chi connectivity index (χ0v) is 11.2. The van der Waals surface area contributed by atoms with Crippen molar-refractivity contribution in [2.45, 2.75) is 6.18 Å². The fourth-order valence-electron chi connectivity index (χ4n) is 1.78. The van der Waals surface area contributed by atoms with Crippen LogP contribution in [0.15, 0.2) is 24.3 Å². The molecule has 1 aromatic rings. The second-order valence-electron chi connectivity index (χ2n) is 4.31. The molecule has 0 unspecified atom stereocenters. The molecule has 0 saturated carbocycles. The van der Waals surface area contributed by atoms with Gasteiger partial charge < -0.3 is 15.5 Å². The van der Waals surface area contributed by atoms with E-state index in [1.807, 2.05) is 0 Å². The minimum Gasteiger partial charge on any atom is -0.395 e. The number of halogens is 3. The average molecular weight is 306 g/mol. The third-order valence-electron chi connectivity index (χ3n) is 2.71. The summed E-state index contributed by atoms with van der Waals surface area (Å²) in [5, 5.41) is 19.8. The maximum absolute atomic E-state index is 12.8. The molecule has 0 heterocycles. The Labute approximate surface area is 120 Å². The van der Waals surface area contributed by atoms with Crippen molar-refractivity contribution in [1.29, 1.82) is 0 Å². The van der Waals surface area contributed by atoms with Gasteiger partial charge in [-0.25, -0.2) is 0 Å². The number of benzene rings is 1. The molecule has 8 heteroatoms. The van der Waals surface area contributed by atoms with Gasteiger partial charge in [0.15, 0.2) is 0 Å². The molecule has 0 radical (unpaired) electrons. The number of nitrogens with one attached hydrogen (secondary N) is 1. The molecule has 0 spiro atoms. The van der Waals surface area contributed by atoms with Crippen molar-refractivity contribution in [1.82, 2.24) is 4.90 Å². The Morgan fingerprint density at radius 2 is 1.71 bits per heavy atom. The molecule has 5 nitrogen and oxygen atoms in total. The number of hydrogen-bond acceptors (Lipinski definition) is 4. The molecule has 118 valence electrons. The van der Waals surface area contributed by atoms with E-state index in [4.69, 9.17) is 10.2 Å². The van der Waals surface area contributed by atoms with Gasteiger partial charge in [-0.2, -0.15) is 13.2 Å². The first-order chi connectivity index (χ1) is 9.88. The SMILES string of the molecule is O=C(CN(CCO)CCO)Nc1ccccc1C(F)(F)F. The second kappa shape index (κ2) is 7.96. The van der Waals surface area contributed by atoms with Crippen LogP contribution in [0.4, 0.5) is 18.9 Å². The minimum absolute atomic E-state index is 0.148. The first-order valence-electron chi connectivity index (χ1n) is 6.28. The van der Waals surface area contributed by atoms with Crippen molar-refractivity contribution >= 4 is 11.6 Å². The monoisotopic (exact) mass is 306 g/mol. The number of nitrogens with zero attached hydrogens (tertiary/aromatic N) is 1. The lowest BCUT2D eigenvalue weighted by Gasteiger charge is -2.20. The zero-order chi connectivity index (χ0) is 15.9. The van der Waals surface area contributed by atoms with Gasteiger partial charge in [-0.3, -0.25) is 9.69 Å². The maximum Gasteiger partial charge on any atom is 0.418 e. The van der Waals surface area contributed by atoms with Crippen LogP contribution in [0, 0.1) is 0 Å². The van der Waals surface area contributed by atoms with E-state index in [0.29, 0.717) is 0 Å². The number of aliphatic hydroxyl groups is 2. The highest BCUT2D eigenvalue weighted by molar-refractivity contribution is 5.93. The molecule has 0 atom stereocenters. The number of carbonyl (C=O) groups is 1. The van der Waals surface area contributed by atoms with Gasteiger partial charge in [-0.05, 0) is 12.1 Å². The summed E-state index contributed by atoms with van der Waals surface area (Å²) < 4.78 is 38.3. The van der Waals surface area contributed by atoms with Crippen LogP contribution in [0.25, 0.3) is 0 Å². The molecule has 0 aromatic heterocycles. The van der Waals surface area contributed by atoms with Crippen molar-refractivity contribution in [3.8, 4) is 0 Å². The summed E-state index contributed by atoms with van der Waals surface area (Å²) in [7, 11) is 0. The van der Waals surface area contributed by atoms with Crippen LogP contribution >= 0.6 is 0 Å². The number of hydrogen-bond donors (Lipinski definition) is 3. The molecule has 21 heavy (non-hydrogen) atoms. The van der Waals surface area contributed by atoms with Crippen LogP contribution in [-0.4, -0.2) is 53.9 Å². The van der Waals surface area contributed by atoms with Crippen LogP contribution in [0.5, 0.6) is 0 Å². The molecular formula is C13H17F3N2O3. The first-order valence-corrected chi connectivity index (χ1v) is 6.28. The van der Waals surface area contributed by atoms with Gasteiger partial charge >= 0.3 is 6.18 Å². The Hall–Kier alpha value is -1.64. The van der Waals surface area contributed by atoms with E-state index in [-0.39, 0.29) is 38.5 Å². The van der Waals surface area contributed by atoms with Gasteiger partial charge in [0.2, 0.25) is 5.91 Å². The molecule has 0 fully saturated rings. The normalized spacial score (nSPS) is 11.7. The number of rotatable bonds is 7. The van der Waals surface area contributed by atoms with Crippen molar-refractivity contribution in [3.05, 3.63) is 29.8 Å². The summed E-state index contributed by atoms with van der Waals surface area (Å²) in [5.41, 5.74) is -1.24. The Morgan fingerprint density at radius 3 is 2.24 bits per heavy atom. The number of anilines is 1. The van der Waals surface area contributed by atoms with Gasteiger partial charge in [0.1, 0.15) is 0 Å². The molecule has 1 rings (SSSR count). The Morgan fingerprint density at radius 1 is 1.14 bits per heavy atom. The predicted molar refractivity (Wildman–Crippen MR) is 70.7 cm³/mol. The largest absolute Gasteiger partial charge is 0.418 e. The Kier molecular flexibility index (Phi) is 6.60. The third-order valence-corrected chi connectivity index (χ3v) is 2.71. The third kappa shape index (κ3) is 5.70. The molecule has 1 amide bonds. The predicted octanol–water partition coefficient (Wildman–Crippen LogP) is 0.931. The number of para-hydroxylation sites is 1. The quantitative estimate of drug-likeness (QED) is 0.701. The van der Waals surface area contributed by atoms with Crippen LogP contribution in [0.3, 0.4) is 0 Å². The summed E-state index contributed by atoms with van der Waals surface area (Å²) in [4.78, 5) is 13.2. The van der Waals surface area contributed by atoms with E-state index in [9.17, 15) is 18.0 Å². The molecular weight excluding hydrogens is 289 g/mol. The van der Waals surface area contributed by atoms with Gasteiger partial charge in [0.25, 0.3) is 0 Å². The number of alkyl halides is 3. The van der Waals surface area contributed by atoms with E-state index in [1.165, 1.54) is 23.1 Å². The lowest BCUT2D eigenvalue weighted by molar-refractivity contribution is -0.137. The Bertz CT molecular complexity index is 460. The van der Waals surface area contributed by atoms with Crippen molar-refractivity contribution in [2.24, 2.45) is 0 Å². The first kappa shape index (κ1) is 17.4. The molecule has 1 aromatic carbocycles. The summed E-state index contributed by atoms with van der Waals surface area (Å²) in [6.07, 6.45) is -4.56. The smallest absolute Gasteiger partial charge is 0.395 e. The second-order valence-corrected chi connectivity index (χ2v) is 4.31. The van der Waals surface area contributed by atoms with Gasteiger partial charge in [0.05, 0.1) is 31.0 Å². The highest BCUT2D eigenvalue weighted by Gasteiger charge is 2.33. The number of carbonyl (C=O) groups excluding carboxylic acids is 1. The van der Waals surface area contributed by atoms with Crippen molar-refractivity contribution in [2.75, 3.05) is 38.2 Å². The van der Waals surface area contributed by atoms with Gasteiger partial charge in [0, 0.05) is 13.1 Å². The van der Waals surface area contributed by atoms with Crippen LogP contribution < -0.4 is 5.32 Å². The van der Waals surface area contributed by atoms with Gasteiger partial charge in [-0.15, -0.1) is 0 Å². The minimum atomic E-state index is -4.56. The van der Waals surface area contributed by atoms with Crippen molar-refractivity contribution in [3.63, 3.8) is 0 Å². The zero-order valence-electron chi connectivity index (χ0n) is 11.2. The highest BCUT2D eigenvalue weighted by Crippen LogP contribution is 2.34. The lowest BCUT2D eigenvalue weighted by Crippen LogP contribution is -2.37. The Balaban J connectivity index is 2.75. The fraction of sp³-hybridized carbons (Fsp3) is 0.462. The molecule has 0 aliphatic carbocycles. The standard InChI is InChI=1S/C13H17F3N2O3/c14-13(15,16)10-3-1-2-4-11(10)17-12(21)9-18(5-7-19)6-8-20/h1-4,19-20H,5-9H2,(H,17,21). The summed E-state index contributed by atoms with van der Waals surface area (Å²) in [6.45, 7) is -0.351. The fourth-order valence-corrected chi connectivity index (χ4v) is 1.78. The molecule has 3 N–H and O–H groups in total. The van der Waals surface area contributed by atoms with Crippen molar-refractivity contribution < 1.29 is 28.2 Å². The van der Waals surface area contributed by atoms with E-state index in [2.05, 4.69) is 5.32 Å². The number of aliphatic hydroxyl groups excluding tert-OH is 2. The molecule has 0 aliphatic heterocycles. The van der Waals surface area contributed by atoms with Crippen LogP contribution in [0.1, 0.15) is 5.56 Å². The molecule has 0 aliphatic rings. The maximum atomic E-state index is 12.8. The van der Waals surface area contributed by atoms with E-state index >= 15 is 0 Å².